The van der Waals surface area contributed by atoms with E-state index in [1.165, 1.54) is 6.08 Å². The molecule has 1 aromatic carbocycles. The second-order valence-corrected chi connectivity index (χ2v) is 12.4. The molecule has 4 aromatic heterocycles. The van der Waals surface area contributed by atoms with Crippen LogP contribution in [0.2, 0.25) is 5.02 Å². The lowest BCUT2D eigenvalue weighted by molar-refractivity contribution is -0.126. The van der Waals surface area contributed by atoms with Crippen LogP contribution in [0.5, 0.6) is 0 Å². The molecule has 11 nitrogen and oxygen atoms in total. The summed E-state index contributed by atoms with van der Waals surface area (Å²) in [5.74, 6) is 0.438. The average Bonchev–Trinajstić information content (AvgIpc) is 3.49. The summed E-state index contributed by atoms with van der Waals surface area (Å²) < 4.78 is 1.60. The number of H-pyrrole nitrogens is 1. The van der Waals surface area contributed by atoms with Crippen LogP contribution in [0.15, 0.2) is 48.0 Å². The SMILES string of the molecule is C=CC(=O)N1CCN2c3nc(=O)n(-c4c(C)ccnc4C(C)C)c4nc(-c5c(C)ccc6[nH]ncc56)c(Cl)c(c34)NCCC2C1. The standard InChI is InChI=1S/C33H34ClN9O2/c1-6-23(44)41-13-14-42-20(16-41)10-12-36-28-25-31(42)39-33(45)43(30-19(5)9-11-35-27(30)17(2)3)32(25)38-29(26(28)34)24-18(4)7-8-22-21(24)15-37-40-22/h6-9,11,15,17,20,36H,1,10,12-14,16H2,2-5H3,(H,37,40). The van der Waals surface area contributed by atoms with E-state index in [9.17, 15) is 9.59 Å². The van der Waals surface area contributed by atoms with Crippen molar-refractivity contribution in [2.24, 2.45) is 0 Å². The molecule has 0 radical (unpaired) electrons. The van der Waals surface area contributed by atoms with Crippen LogP contribution in [0.4, 0.5) is 11.5 Å². The van der Waals surface area contributed by atoms with E-state index in [4.69, 9.17) is 26.6 Å². The Labute approximate surface area is 264 Å². The van der Waals surface area contributed by atoms with Gasteiger partial charge in [0.1, 0.15) is 5.82 Å². The maximum absolute atomic E-state index is 14.3. The van der Waals surface area contributed by atoms with Gasteiger partial charge in [0, 0.05) is 49.4 Å². The monoisotopic (exact) mass is 623 g/mol. The van der Waals surface area contributed by atoms with E-state index in [-0.39, 0.29) is 17.9 Å². The number of benzene rings is 1. The van der Waals surface area contributed by atoms with E-state index < -0.39 is 5.69 Å². The van der Waals surface area contributed by atoms with Crippen LogP contribution in [-0.4, -0.2) is 72.7 Å². The molecule has 0 bridgehead atoms. The molecule has 230 valence electrons. The largest absolute Gasteiger partial charge is 0.383 e. The van der Waals surface area contributed by atoms with Crippen LogP contribution in [0.25, 0.3) is 38.9 Å². The minimum atomic E-state index is -0.454. The molecule has 45 heavy (non-hydrogen) atoms. The summed E-state index contributed by atoms with van der Waals surface area (Å²) >= 11 is 7.34. The van der Waals surface area contributed by atoms with Crippen LogP contribution >= 0.6 is 11.6 Å². The van der Waals surface area contributed by atoms with Gasteiger partial charge < -0.3 is 15.1 Å². The van der Waals surface area contributed by atoms with E-state index in [2.05, 4.69) is 40.8 Å². The molecule has 2 N–H and O–H groups in total. The van der Waals surface area contributed by atoms with Gasteiger partial charge in [-0.25, -0.2) is 14.3 Å². The highest BCUT2D eigenvalue weighted by molar-refractivity contribution is 6.38. The maximum Gasteiger partial charge on any atom is 0.355 e. The number of halogens is 1. The highest BCUT2D eigenvalue weighted by Crippen LogP contribution is 2.45. The van der Waals surface area contributed by atoms with E-state index in [1.807, 2.05) is 32.0 Å². The minimum absolute atomic E-state index is 0.0338. The van der Waals surface area contributed by atoms with Gasteiger partial charge in [-0.2, -0.15) is 10.1 Å². The first-order valence-electron chi connectivity index (χ1n) is 15.2. The number of amides is 1. The van der Waals surface area contributed by atoms with Crippen LogP contribution in [0.3, 0.4) is 0 Å². The lowest BCUT2D eigenvalue weighted by Gasteiger charge is -2.43. The van der Waals surface area contributed by atoms with Gasteiger partial charge >= 0.3 is 5.69 Å². The summed E-state index contributed by atoms with van der Waals surface area (Å²) in [4.78, 5) is 45.5. The Morgan fingerprint density at radius 1 is 1.16 bits per heavy atom. The van der Waals surface area contributed by atoms with Crippen molar-refractivity contribution in [3.05, 3.63) is 75.6 Å². The third-order valence-corrected chi connectivity index (χ3v) is 9.33. The molecule has 5 aromatic rings. The van der Waals surface area contributed by atoms with Crippen molar-refractivity contribution in [1.29, 1.82) is 0 Å². The first kappa shape index (κ1) is 29.0. The molecule has 12 heteroatoms. The fourth-order valence-electron chi connectivity index (χ4n) is 6.75. The summed E-state index contributed by atoms with van der Waals surface area (Å²) in [6, 6.07) is 5.82. The van der Waals surface area contributed by atoms with Gasteiger partial charge in [-0.05, 0) is 55.5 Å². The molecule has 1 amide bonds. The molecule has 1 fully saturated rings. The summed E-state index contributed by atoms with van der Waals surface area (Å²) in [5, 5.41) is 12.9. The van der Waals surface area contributed by atoms with Crippen molar-refractivity contribution in [1.82, 2.24) is 34.6 Å². The summed E-state index contributed by atoms with van der Waals surface area (Å²) in [6.45, 7) is 13.8. The van der Waals surface area contributed by atoms with E-state index >= 15 is 0 Å². The Balaban J connectivity index is 1.59. The first-order chi connectivity index (χ1) is 21.7. The number of pyridine rings is 2. The molecule has 6 heterocycles. The van der Waals surface area contributed by atoms with E-state index in [1.54, 1.807) is 21.9 Å². The molecule has 0 spiro atoms. The van der Waals surface area contributed by atoms with Gasteiger partial charge in [0.2, 0.25) is 5.91 Å². The van der Waals surface area contributed by atoms with Crippen molar-refractivity contribution >= 4 is 50.9 Å². The maximum atomic E-state index is 14.3. The number of piperazine rings is 1. The predicted molar refractivity (Wildman–Crippen MR) is 178 cm³/mol. The molecule has 0 saturated carbocycles. The van der Waals surface area contributed by atoms with Crippen LogP contribution in [0.1, 0.15) is 43.0 Å². The topological polar surface area (TPSA) is 125 Å². The Kier molecular flexibility index (Phi) is 7.07. The van der Waals surface area contributed by atoms with Crippen LogP contribution in [0, 0.1) is 13.8 Å². The molecule has 0 aliphatic carbocycles. The highest BCUT2D eigenvalue weighted by atomic mass is 35.5. The van der Waals surface area contributed by atoms with E-state index in [0.29, 0.717) is 71.5 Å². The van der Waals surface area contributed by atoms with Crippen LogP contribution < -0.4 is 15.9 Å². The number of fused-ring (bicyclic) bond motifs is 3. The van der Waals surface area contributed by atoms with Crippen molar-refractivity contribution < 1.29 is 4.79 Å². The fourth-order valence-corrected chi connectivity index (χ4v) is 7.05. The molecule has 1 atom stereocenters. The lowest BCUT2D eigenvalue weighted by Crippen LogP contribution is -2.56. The van der Waals surface area contributed by atoms with Gasteiger partial charge in [0.05, 0.1) is 44.9 Å². The third kappa shape index (κ3) is 4.56. The zero-order chi connectivity index (χ0) is 31.6. The summed E-state index contributed by atoms with van der Waals surface area (Å²) in [6.07, 6.45) is 5.59. The number of carbonyl (C=O) groups is 1. The average molecular weight is 624 g/mol. The Bertz CT molecular complexity index is 2080. The van der Waals surface area contributed by atoms with E-state index in [0.717, 1.165) is 33.3 Å². The molecule has 2 aliphatic rings. The molecular weight excluding hydrogens is 590 g/mol. The van der Waals surface area contributed by atoms with Crippen molar-refractivity contribution in [3.63, 3.8) is 0 Å². The second kappa shape index (κ2) is 11.0. The van der Waals surface area contributed by atoms with Crippen molar-refractivity contribution in [2.45, 2.75) is 46.1 Å². The quantitative estimate of drug-likeness (QED) is 0.264. The number of aromatic amines is 1. The summed E-state index contributed by atoms with van der Waals surface area (Å²) in [7, 11) is 0. The number of nitrogens with zero attached hydrogens (tertiary/aromatic N) is 7. The smallest absolute Gasteiger partial charge is 0.355 e. The number of anilines is 2. The molecular formula is C33H34ClN9O2. The third-order valence-electron chi connectivity index (χ3n) is 8.96. The summed E-state index contributed by atoms with van der Waals surface area (Å²) in [5.41, 5.74) is 6.20. The first-order valence-corrected chi connectivity index (χ1v) is 15.5. The lowest BCUT2D eigenvalue weighted by atomic mass is 9.98. The Morgan fingerprint density at radius 3 is 2.76 bits per heavy atom. The van der Waals surface area contributed by atoms with Gasteiger partial charge in [-0.15, -0.1) is 0 Å². The zero-order valence-corrected chi connectivity index (χ0v) is 26.4. The van der Waals surface area contributed by atoms with Crippen molar-refractivity contribution in [2.75, 3.05) is 36.4 Å². The number of nitrogens with one attached hydrogen (secondary N) is 2. The fraction of sp³-hybridized carbons (Fsp3) is 0.333. The molecule has 1 saturated heterocycles. The molecule has 7 rings (SSSR count). The van der Waals surface area contributed by atoms with Crippen molar-refractivity contribution in [3.8, 4) is 16.9 Å². The number of rotatable bonds is 4. The van der Waals surface area contributed by atoms with Gasteiger partial charge in [-0.1, -0.05) is 38.1 Å². The number of aryl methyl sites for hydroxylation is 2. The number of aromatic nitrogens is 6. The number of hydrogen-bond donors (Lipinski definition) is 2. The Hall–Kier alpha value is -4.77. The zero-order valence-electron chi connectivity index (χ0n) is 25.7. The van der Waals surface area contributed by atoms with Gasteiger partial charge in [0.25, 0.3) is 0 Å². The van der Waals surface area contributed by atoms with Gasteiger partial charge in [0.15, 0.2) is 5.65 Å². The molecule has 1 unspecified atom stereocenters. The normalized spacial score (nSPS) is 16.4. The highest BCUT2D eigenvalue weighted by Gasteiger charge is 2.35. The number of hydrogen-bond acceptors (Lipinski definition) is 8. The molecule has 2 aliphatic heterocycles. The Morgan fingerprint density at radius 2 is 1.98 bits per heavy atom. The second-order valence-electron chi connectivity index (χ2n) is 12.1. The predicted octanol–water partition coefficient (Wildman–Crippen LogP) is 5.13. The van der Waals surface area contributed by atoms with Gasteiger partial charge in [-0.3, -0.25) is 14.9 Å². The number of carbonyl (C=O) groups excluding carboxylic acids is 1. The van der Waals surface area contributed by atoms with Crippen LogP contribution in [-0.2, 0) is 4.79 Å². The minimum Gasteiger partial charge on any atom is -0.383 e.